The maximum atomic E-state index is 12.5. The molecule has 1 unspecified atom stereocenters. The summed E-state index contributed by atoms with van der Waals surface area (Å²) in [6.07, 6.45) is 4.39. The Morgan fingerprint density at radius 2 is 2.15 bits per heavy atom. The second kappa shape index (κ2) is 9.39. The lowest BCUT2D eigenvalue weighted by Gasteiger charge is -2.35. The molecule has 27 heavy (non-hydrogen) atoms. The van der Waals surface area contributed by atoms with Gasteiger partial charge >= 0.3 is 0 Å². The first-order chi connectivity index (χ1) is 13.0. The number of benzene rings is 1. The molecule has 1 saturated heterocycles. The Balaban J connectivity index is 1.59. The van der Waals surface area contributed by atoms with Crippen molar-refractivity contribution in [2.75, 3.05) is 18.1 Å². The molecule has 1 atom stereocenters. The van der Waals surface area contributed by atoms with Crippen LogP contribution in [0, 0.1) is 0 Å². The van der Waals surface area contributed by atoms with Crippen LogP contribution in [-0.4, -0.2) is 45.4 Å². The lowest BCUT2D eigenvalue weighted by atomic mass is 10.0. The number of hydrogen-bond acceptors (Lipinski definition) is 4. The van der Waals surface area contributed by atoms with E-state index >= 15 is 0 Å². The summed E-state index contributed by atoms with van der Waals surface area (Å²) in [5.41, 5.74) is 1.05. The second-order valence-corrected chi connectivity index (χ2v) is 9.61. The molecule has 3 rings (SSSR count). The Morgan fingerprint density at radius 1 is 1.33 bits per heavy atom. The van der Waals surface area contributed by atoms with E-state index < -0.39 is 0 Å². The number of halogens is 1. The van der Waals surface area contributed by atoms with Crippen LogP contribution in [-0.2, 0) is 16.6 Å². The second-order valence-electron chi connectivity index (χ2n) is 6.70. The number of aryl methyl sites for hydroxylation is 1. The molecule has 2 amide bonds. The van der Waals surface area contributed by atoms with Gasteiger partial charge < -0.3 is 9.47 Å². The molecule has 1 aliphatic rings. The molecular formula is C19H24BrN3O2S2. The van der Waals surface area contributed by atoms with Crippen LogP contribution in [0.5, 0.6) is 0 Å². The van der Waals surface area contributed by atoms with Crippen LogP contribution in [0.2, 0.25) is 0 Å². The monoisotopic (exact) mass is 469 g/mol. The third-order valence-corrected chi connectivity index (χ3v) is 7.35. The number of nitrogens with zero attached hydrogens (tertiary/aromatic N) is 3. The predicted molar refractivity (Wildman–Crippen MR) is 116 cm³/mol. The fraction of sp³-hybridized carbons (Fsp3) is 0.526. The average Bonchev–Trinajstić information content (AvgIpc) is 2.96. The van der Waals surface area contributed by atoms with Crippen molar-refractivity contribution in [2.24, 2.45) is 12.0 Å². The summed E-state index contributed by atoms with van der Waals surface area (Å²) in [4.78, 5) is 31.7. The van der Waals surface area contributed by atoms with Crippen LogP contribution < -0.4 is 4.80 Å². The predicted octanol–water partition coefficient (Wildman–Crippen LogP) is 3.95. The van der Waals surface area contributed by atoms with Gasteiger partial charge in [0.05, 0.1) is 21.7 Å². The summed E-state index contributed by atoms with van der Waals surface area (Å²) in [6.45, 7) is 2.98. The highest BCUT2D eigenvalue weighted by atomic mass is 79.9. The molecule has 0 aliphatic carbocycles. The van der Waals surface area contributed by atoms with E-state index in [-0.39, 0.29) is 17.6 Å². The van der Waals surface area contributed by atoms with Gasteiger partial charge in [-0.25, -0.2) is 0 Å². The number of thioether (sulfide) groups is 1. The van der Waals surface area contributed by atoms with E-state index in [0.717, 1.165) is 40.5 Å². The molecule has 2 heterocycles. The van der Waals surface area contributed by atoms with Crippen molar-refractivity contribution in [3.8, 4) is 0 Å². The molecule has 0 N–H and O–H groups in total. The van der Waals surface area contributed by atoms with Gasteiger partial charge in [-0.3, -0.25) is 9.59 Å². The average molecular weight is 470 g/mol. The van der Waals surface area contributed by atoms with Gasteiger partial charge in [0.2, 0.25) is 5.91 Å². The first-order valence-electron chi connectivity index (χ1n) is 9.19. The highest BCUT2D eigenvalue weighted by molar-refractivity contribution is 9.10. The van der Waals surface area contributed by atoms with Crippen molar-refractivity contribution >= 4 is 61.1 Å². The molecule has 5 nitrogen and oxygen atoms in total. The Bertz CT molecular complexity index is 906. The molecule has 0 radical (unpaired) electrons. The highest BCUT2D eigenvalue weighted by Gasteiger charge is 2.25. The smallest absolute Gasteiger partial charge is 0.258 e. The largest absolute Gasteiger partial charge is 0.339 e. The van der Waals surface area contributed by atoms with Crippen molar-refractivity contribution in [3.63, 3.8) is 0 Å². The van der Waals surface area contributed by atoms with Gasteiger partial charge in [-0.15, -0.1) is 11.8 Å². The topological polar surface area (TPSA) is 54.7 Å². The zero-order valence-electron chi connectivity index (χ0n) is 15.6. The summed E-state index contributed by atoms with van der Waals surface area (Å²) in [5, 5.41) is 0. The Labute approximate surface area is 176 Å². The van der Waals surface area contributed by atoms with E-state index in [1.54, 1.807) is 0 Å². The quantitative estimate of drug-likeness (QED) is 0.665. The van der Waals surface area contributed by atoms with Gasteiger partial charge in [-0.1, -0.05) is 34.2 Å². The zero-order valence-corrected chi connectivity index (χ0v) is 18.8. The third kappa shape index (κ3) is 5.03. The first kappa shape index (κ1) is 20.6. The molecule has 1 aromatic heterocycles. The van der Waals surface area contributed by atoms with Crippen molar-refractivity contribution in [1.29, 1.82) is 0 Å². The van der Waals surface area contributed by atoms with Crippen molar-refractivity contribution in [1.82, 2.24) is 9.47 Å². The molecule has 0 bridgehead atoms. The van der Waals surface area contributed by atoms with Crippen LogP contribution in [0.3, 0.4) is 0 Å². The highest BCUT2D eigenvalue weighted by Crippen LogP contribution is 2.22. The van der Waals surface area contributed by atoms with E-state index in [0.29, 0.717) is 16.6 Å². The summed E-state index contributed by atoms with van der Waals surface area (Å²) in [6, 6.07) is 6.38. The number of rotatable bonds is 5. The molecule has 1 fully saturated rings. The van der Waals surface area contributed by atoms with E-state index in [9.17, 15) is 9.59 Å². The SMILES string of the molecule is CCC1CCCCN1C(=O)CSCC(=O)N=c1sc2cc(Br)ccc2n1C. The van der Waals surface area contributed by atoms with Gasteiger partial charge in [0.25, 0.3) is 5.91 Å². The van der Waals surface area contributed by atoms with Crippen LogP contribution >= 0.6 is 39.0 Å². The molecular weight excluding hydrogens is 446 g/mol. The summed E-state index contributed by atoms with van der Waals surface area (Å²) in [7, 11) is 1.91. The van der Waals surface area contributed by atoms with Crippen molar-refractivity contribution in [2.45, 2.75) is 38.6 Å². The number of aromatic nitrogens is 1. The third-order valence-electron chi connectivity index (χ3n) is 4.86. The minimum Gasteiger partial charge on any atom is -0.339 e. The summed E-state index contributed by atoms with van der Waals surface area (Å²) in [5.74, 6) is 0.536. The van der Waals surface area contributed by atoms with Crippen LogP contribution in [0.25, 0.3) is 10.2 Å². The maximum absolute atomic E-state index is 12.5. The van der Waals surface area contributed by atoms with E-state index in [1.807, 2.05) is 34.7 Å². The number of carbonyl (C=O) groups is 2. The molecule has 8 heteroatoms. The normalized spacial score (nSPS) is 18.3. The number of thiazole rings is 1. The molecule has 1 aliphatic heterocycles. The molecule has 2 aromatic rings. The van der Waals surface area contributed by atoms with Crippen LogP contribution in [0.4, 0.5) is 0 Å². The first-order valence-corrected chi connectivity index (χ1v) is 12.0. The zero-order chi connectivity index (χ0) is 19.4. The lowest BCUT2D eigenvalue weighted by Crippen LogP contribution is -2.44. The van der Waals surface area contributed by atoms with Gasteiger partial charge in [-0.2, -0.15) is 4.99 Å². The van der Waals surface area contributed by atoms with Crippen LogP contribution in [0.1, 0.15) is 32.6 Å². The van der Waals surface area contributed by atoms with Gasteiger partial charge in [0, 0.05) is 24.1 Å². The van der Waals surface area contributed by atoms with E-state index in [4.69, 9.17) is 0 Å². The van der Waals surface area contributed by atoms with E-state index in [2.05, 4.69) is 27.8 Å². The maximum Gasteiger partial charge on any atom is 0.258 e. The Kier molecular flexibility index (Phi) is 7.16. The van der Waals surface area contributed by atoms with Gasteiger partial charge in [0.15, 0.2) is 4.80 Å². The number of likely N-dealkylation sites (tertiary alicyclic amines) is 1. The number of piperidine rings is 1. The molecule has 0 saturated carbocycles. The molecule has 146 valence electrons. The minimum absolute atomic E-state index is 0.150. The fourth-order valence-corrected chi connectivity index (χ4v) is 5.68. The Hall–Kier alpha value is -1.12. The standard InChI is InChI=1S/C19H24BrN3O2S2/c1-3-14-6-4-5-9-23(14)18(25)12-26-11-17(24)21-19-22(2)15-8-7-13(20)10-16(15)27-19/h7-8,10,14H,3-6,9,11-12H2,1-2H3. The molecule has 0 spiro atoms. The van der Waals surface area contributed by atoms with Gasteiger partial charge in [-0.05, 0) is 43.9 Å². The fourth-order valence-electron chi connectivity index (χ4n) is 3.42. The van der Waals surface area contributed by atoms with Gasteiger partial charge in [0.1, 0.15) is 0 Å². The minimum atomic E-state index is -0.195. The molecule has 1 aromatic carbocycles. The van der Waals surface area contributed by atoms with E-state index in [1.165, 1.54) is 29.5 Å². The number of amides is 2. The number of hydrogen-bond donors (Lipinski definition) is 0. The Morgan fingerprint density at radius 3 is 2.93 bits per heavy atom. The summed E-state index contributed by atoms with van der Waals surface area (Å²) >= 11 is 6.32. The lowest BCUT2D eigenvalue weighted by molar-refractivity contribution is -0.132. The number of fused-ring (bicyclic) bond motifs is 1. The number of carbonyl (C=O) groups excluding carboxylic acids is 2. The van der Waals surface area contributed by atoms with Crippen molar-refractivity contribution < 1.29 is 9.59 Å². The van der Waals surface area contributed by atoms with Crippen LogP contribution in [0.15, 0.2) is 27.7 Å². The van der Waals surface area contributed by atoms with Crippen molar-refractivity contribution in [3.05, 3.63) is 27.5 Å². The summed E-state index contributed by atoms with van der Waals surface area (Å²) < 4.78 is 4.02.